The molecule has 0 saturated carbocycles. The summed E-state index contributed by atoms with van der Waals surface area (Å²) in [4.78, 5) is 27.9. The van der Waals surface area contributed by atoms with E-state index < -0.39 is 11.9 Å². The highest BCUT2D eigenvalue weighted by Gasteiger charge is 2.21. The number of carbonyl (C=O) groups is 2. The number of para-hydroxylation sites is 2. The highest BCUT2D eigenvalue weighted by molar-refractivity contribution is 5.98. The Balaban J connectivity index is 0.993. The van der Waals surface area contributed by atoms with Gasteiger partial charge in [0.2, 0.25) is 0 Å². The van der Waals surface area contributed by atoms with Crippen LogP contribution in [0, 0.1) is 6.92 Å². The largest absolute Gasteiger partial charge is 0.488 e. The van der Waals surface area contributed by atoms with Gasteiger partial charge in [-0.15, -0.1) is 4.68 Å². The summed E-state index contributed by atoms with van der Waals surface area (Å²) >= 11 is 0. The molecule has 0 bridgehead atoms. The number of aromatic nitrogens is 4. The average molecular weight is 908 g/mol. The molecule has 3 aromatic heterocycles. The third-order valence-corrected chi connectivity index (χ3v) is 11.9. The van der Waals surface area contributed by atoms with Gasteiger partial charge in [-0.3, -0.25) is 19.7 Å². The summed E-state index contributed by atoms with van der Waals surface area (Å²) < 4.78 is 22.8. The maximum Gasteiger partial charge on any atom is 0.318 e. The number of ether oxygens (including phenoxy) is 2. The number of carboxylic acid groups (broad SMARTS) is 2. The zero-order valence-electron chi connectivity index (χ0n) is 38.0. The van der Waals surface area contributed by atoms with Gasteiger partial charge in [0, 0.05) is 52.5 Å². The number of aryl methyl sites for hydroxylation is 1. The lowest BCUT2D eigenvalue weighted by Gasteiger charge is -2.14. The highest BCUT2D eigenvalue weighted by atomic mass is 16.5. The first-order valence-electron chi connectivity index (χ1n) is 22.4. The van der Waals surface area contributed by atoms with Gasteiger partial charge in [-0.2, -0.15) is 5.10 Å². The molecule has 9 rings (SSSR count). The normalized spacial score (nSPS) is 11.4. The van der Waals surface area contributed by atoms with Crippen molar-refractivity contribution in [1.29, 1.82) is 0 Å². The molecule has 0 unspecified atom stereocenters. The van der Waals surface area contributed by atoms with E-state index in [2.05, 4.69) is 79.9 Å². The Hall–Kier alpha value is -8.29. The predicted octanol–water partition coefficient (Wildman–Crippen LogP) is 9.97. The fourth-order valence-corrected chi connectivity index (χ4v) is 8.50. The maximum absolute atomic E-state index is 11.6. The van der Waals surface area contributed by atoms with Crippen molar-refractivity contribution >= 4 is 33.8 Å². The Morgan fingerprint density at radius 1 is 0.721 bits per heavy atom. The van der Waals surface area contributed by atoms with Gasteiger partial charge in [0.05, 0.1) is 42.4 Å². The van der Waals surface area contributed by atoms with Crippen molar-refractivity contribution in [2.24, 2.45) is 5.73 Å². The van der Waals surface area contributed by atoms with Gasteiger partial charge in [0.25, 0.3) is 0 Å². The summed E-state index contributed by atoms with van der Waals surface area (Å²) in [5, 5.41) is 25.7. The first kappa shape index (κ1) is 44.9. The Morgan fingerprint density at radius 3 is 2.04 bits per heavy atom. The molecule has 13 heteroatoms. The number of benzene rings is 6. The Bertz CT molecular complexity index is 3320. The third-order valence-electron chi connectivity index (χ3n) is 11.9. The third kappa shape index (κ3) is 9.79. The number of nitrogens with one attached hydrogen (secondary N) is 1. The zero-order valence-corrected chi connectivity index (χ0v) is 38.0. The van der Waals surface area contributed by atoms with Crippen molar-refractivity contribution in [2.75, 3.05) is 5.43 Å². The molecular weight excluding hydrogens is 857 g/mol. The molecule has 0 aliphatic carbocycles. The predicted molar refractivity (Wildman–Crippen MR) is 261 cm³/mol. The van der Waals surface area contributed by atoms with Gasteiger partial charge in [-0.1, -0.05) is 83.8 Å². The Morgan fingerprint density at radius 2 is 1.35 bits per heavy atom. The van der Waals surface area contributed by atoms with E-state index in [1.165, 1.54) is 0 Å². The standard InChI is InChI=1S/C55H50N6O7/c1-34(2)61-50(33-67-52-17-7-5-13-42(52)26-54(64)65)48-22-40(18-19-49(48)59-61)38-14-9-11-37(21-38)28-58-60-30-44(29-57-35(60)3)46-23-43(39-15-8-10-36(20-39)27-56)24-47-45(32-68-55(46)47)31-66-51-16-6-4-12-41(51)25-53(62)63/h4-24,29-30,32,34,58H,25-28,31,33,56H2,1-3H3,(H-,62,63,64,65)/p+1. The van der Waals surface area contributed by atoms with Crippen LogP contribution in [0.5, 0.6) is 11.5 Å². The minimum Gasteiger partial charge on any atom is -0.488 e. The van der Waals surface area contributed by atoms with Crippen molar-refractivity contribution < 1.29 is 38.4 Å². The molecule has 13 nitrogen and oxygen atoms in total. The second-order valence-corrected chi connectivity index (χ2v) is 17.0. The van der Waals surface area contributed by atoms with E-state index in [9.17, 15) is 19.8 Å². The van der Waals surface area contributed by atoms with E-state index in [4.69, 9.17) is 29.7 Å². The molecule has 0 spiro atoms. The fourth-order valence-electron chi connectivity index (χ4n) is 8.50. The number of fused-ring (bicyclic) bond motifs is 2. The molecule has 0 fully saturated rings. The summed E-state index contributed by atoms with van der Waals surface area (Å²) in [6.45, 7) is 7.40. The fraction of sp³-hybridized carbons (Fsp3) is 0.182. The van der Waals surface area contributed by atoms with Gasteiger partial charge in [-0.25, -0.2) is 0 Å². The molecular formula is C55H51N6O7+. The number of nitrogens with two attached hydrogens (primary N) is 1. The van der Waals surface area contributed by atoms with Gasteiger partial charge >= 0.3 is 17.8 Å². The van der Waals surface area contributed by atoms with Crippen molar-refractivity contribution in [1.82, 2.24) is 14.8 Å². The molecule has 3 heterocycles. The van der Waals surface area contributed by atoms with Gasteiger partial charge in [-0.05, 0) is 95.8 Å². The number of carboxylic acids is 2. The van der Waals surface area contributed by atoms with Crippen molar-refractivity contribution in [3.8, 4) is 44.9 Å². The van der Waals surface area contributed by atoms with Crippen LogP contribution in [0.15, 0.2) is 150 Å². The van der Waals surface area contributed by atoms with Crippen LogP contribution >= 0.6 is 0 Å². The van der Waals surface area contributed by atoms with Crippen LogP contribution in [0.3, 0.4) is 0 Å². The second-order valence-electron chi connectivity index (χ2n) is 17.0. The number of hydrogen-bond donors (Lipinski definition) is 4. The molecule has 0 saturated heterocycles. The van der Waals surface area contributed by atoms with E-state index in [0.717, 1.165) is 77.9 Å². The summed E-state index contributed by atoms with van der Waals surface area (Å²) in [6, 6.07) is 41.5. The molecule has 6 aromatic carbocycles. The average Bonchev–Trinajstić information content (AvgIpc) is 3.93. The quantitative estimate of drug-likeness (QED) is 0.0602. The first-order valence-corrected chi connectivity index (χ1v) is 22.4. The molecule has 5 N–H and O–H groups in total. The number of aliphatic carboxylic acids is 2. The lowest BCUT2D eigenvalue weighted by Crippen LogP contribution is -2.47. The number of furan rings is 1. The molecule has 0 aliphatic heterocycles. The van der Waals surface area contributed by atoms with Crippen molar-refractivity contribution in [3.05, 3.63) is 185 Å². The van der Waals surface area contributed by atoms with E-state index in [1.54, 1.807) is 36.6 Å². The molecule has 342 valence electrons. The summed E-state index contributed by atoms with van der Waals surface area (Å²) in [7, 11) is 0. The summed E-state index contributed by atoms with van der Waals surface area (Å²) in [5.74, 6) is -0.0464. The van der Waals surface area contributed by atoms with Gasteiger partial charge < -0.3 is 29.8 Å². The van der Waals surface area contributed by atoms with Crippen molar-refractivity contribution in [2.45, 2.75) is 66.0 Å². The van der Waals surface area contributed by atoms with E-state index in [1.807, 2.05) is 65.1 Å². The first-order chi connectivity index (χ1) is 33.0. The van der Waals surface area contributed by atoms with Crippen LogP contribution in [0.1, 0.15) is 59.2 Å². The molecule has 0 aliphatic rings. The SMILES string of the molecule is Cc1ncc(-c2cc(-c3cccc(CN)c3)cc3c(COc4ccccc4CC(=O)O)coc23)c[n+]1NCc1cccc(-c2ccc3nn(C(C)C)c(COc4ccccc4CC(=O)O)c3c2)c1. The molecule has 0 atom stereocenters. The summed E-state index contributed by atoms with van der Waals surface area (Å²) in [6.07, 6.45) is 5.28. The lowest BCUT2D eigenvalue weighted by molar-refractivity contribution is -0.660. The Kier molecular flexibility index (Phi) is 13.0. The minimum atomic E-state index is -0.932. The zero-order chi connectivity index (χ0) is 47.3. The van der Waals surface area contributed by atoms with Crippen LogP contribution < -0.4 is 25.3 Å². The highest BCUT2D eigenvalue weighted by Crippen LogP contribution is 2.37. The topological polar surface area (TPSA) is 179 Å². The van der Waals surface area contributed by atoms with Crippen molar-refractivity contribution in [3.63, 3.8) is 0 Å². The van der Waals surface area contributed by atoms with E-state index in [-0.39, 0.29) is 32.1 Å². The van der Waals surface area contributed by atoms with Crippen LogP contribution in [-0.4, -0.2) is 36.9 Å². The number of hydrogen-bond acceptors (Lipinski definition) is 9. The van der Waals surface area contributed by atoms with Gasteiger partial charge in [0.1, 0.15) is 36.5 Å². The molecule has 68 heavy (non-hydrogen) atoms. The van der Waals surface area contributed by atoms with Crippen LogP contribution in [0.2, 0.25) is 0 Å². The second kappa shape index (κ2) is 19.7. The number of rotatable bonds is 18. The molecule has 9 aromatic rings. The molecule has 0 amide bonds. The van der Waals surface area contributed by atoms with Crippen LogP contribution in [-0.2, 0) is 48.7 Å². The van der Waals surface area contributed by atoms with Crippen LogP contribution in [0.25, 0.3) is 55.3 Å². The minimum absolute atomic E-state index is 0.0726. The smallest absolute Gasteiger partial charge is 0.318 e. The van der Waals surface area contributed by atoms with Gasteiger partial charge in [0.15, 0.2) is 6.20 Å². The van der Waals surface area contributed by atoms with E-state index in [0.29, 0.717) is 41.3 Å². The number of nitrogens with zero attached hydrogens (tertiary/aromatic N) is 4. The monoisotopic (exact) mass is 907 g/mol. The summed E-state index contributed by atoms with van der Waals surface area (Å²) in [5.41, 5.74) is 21.8. The van der Waals surface area contributed by atoms with E-state index >= 15 is 0 Å². The van der Waals surface area contributed by atoms with Crippen LogP contribution in [0.4, 0.5) is 0 Å². The maximum atomic E-state index is 11.6. The Labute approximate surface area is 393 Å². The molecule has 0 radical (unpaired) electrons. The lowest BCUT2D eigenvalue weighted by atomic mass is 9.96.